The molecule has 0 unspecified atom stereocenters. The predicted octanol–water partition coefficient (Wildman–Crippen LogP) is 1.76. The Morgan fingerprint density at radius 1 is 1.30 bits per heavy atom. The second-order valence-electron chi connectivity index (χ2n) is 4.43. The number of hydrogen-bond donors (Lipinski definition) is 1. The van der Waals surface area contributed by atoms with Gasteiger partial charge in [0.15, 0.2) is 0 Å². The Labute approximate surface area is 117 Å². The molecule has 106 valence electrons. The fourth-order valence-electron chi connectivity index (χ4n) is 1.77. The van der Waals surface area contributed by atoms with Crippen LogP contribution in [0.1, 0.15) is 33.3 Å². The van der Waals surface area contributed by atoms with Crippen molar-refractivity contribution in [2.75, 3.05) is 7.11 Å². The molecule has 0 bridgehead atoms. The number of carbonyl (C=O) groups is 1. The number of aryl methyl sites for hydroxylation is 2. The molecular formula is C14H17N3O3. The minimum absolute atomic E-state index is 0.387. The van der Waals surface area contributed by atoms with E-state index in [1.54, 1.807) is 25.4 Å². The van der Waals surface area contributed by atoms with Crippen molar-refractivity contribution in [2.45, 2.75) is 26.9 Å². The summed E-state index contributed by atoms with van der Waals surface area (Å²) < 4.78 is 10.2. The van der Waals surface area contributed by atoms with E-state index in [1.165, 1.54) is 7.11 Å². The maximum Gasteiger partial charge on any atom is 0.341 e. The van der Waals surface area contributed by atoms with Gasteiger partial charge in [-0.2, -0.15) is 0 Å². The lowest BCUT2D eigenvalue weighted by atomic mass is 10.2. The van der Waals surface area contributed by atoms with Crippen LogP contribution in [0, 0.1) is 13.8 Å². The number of rotatable bonds is 5. The highest BCUT2D eigenvalue weighted by molar-refractivity contribution is 5.90. The zero-order valence-electron chi connectivity index (χ0n) is 11.8. The number of ether oxygens (including phenoxy) is 1. The number of aromatic nitrogens is 2. The van der Waals surface area contributed by atoms with Gasteiger partial charge < -0.3 is 14.5 Å². The molecule has 0 saturated carbocycles. The Morgan fingerprint density at radius 2 is 2.10 bits per heavy atom. The van der Waals surface area contributed by atoms with Gasteiger partial charge in [-0.3, -0.25) is 9.97 Å². The van der Waals surface area contributed by atoms with Crippen LogP contribution in [-0.2, 0) is 17.8 Å². The highest BCUT2D eigenvalue weighted by Crippen LogP contribution is 2.15. The standard InChI is InChI=1S/C14H17N3O3/c1-9-5-17-11(7-16-9)6-15-8-12-4-13(10(2)20-12)14(18)19-3/h4-5,7,15H,6,8H2,1-3H3. The molecule has 0 aromatic carbocycles. The number of furan rings is 1. The average molecular weight is 275 g/mol. The van der Waals surface area contributed by atoms with Crippen LogP contribution in [0.4, 0.5) is 0 Å². The zero-order valence-corrected chi connectivity index (χ0v) is 11.8. The molecule has 0 saturated heterocycles. The second-order valence-corrected chi connectivity index (χ2v) is 4.43. The Balaban J connectivity index is 1.91. The molecule has 20 heavy (non-hydrogen) atoms. The molecule has 0 radical (unpaired) electrons. The van der Waals surface area contributed by atoms with Gasteiger partial charge in [-0.15, -0.1) is 0 Å². The SMILES string of the molecule is COC(=O)c1cc(CNCc2cnc(C)cn2)oc1C. The molecule has 2 aromatic rings. The molecule has 0 atom stereocenters. The van der Waals surface area contributed by atoms with Crippen molar-refractivity contribution in [2.24, 2.45) is 0 Å². The number of carbonyl (C=O) groups excluding carboxylic acids is 1. The third-order valence-electron chi connectivity index (χ3n) is 2.81. The van der Waals surface area contributed by atoms with Gasteiger partial charge in [-0.05, 0) is 19.9 Å². The number of methoxy groups -OCH3 is 1. The topological polar surface area (TPSA) is 77.2 Å². The van der Waals surface area contributed by atoms with Gasteiger partial charge in [0.05, 0.1) is 25.0 Å². The first-order chi connectivity index (χ1) is 9.60. The van der Waals surface area contributed by atoms with E-state index in [9.17, 15) is 4.79 Å². The zero-order chi connectivity index (χ0) is 14.5. The number of hydrogen-bond acceptors (Lipinski definition) is 6. The summed E-state index contributed by atoms with van der Waals surface area (Å²) in [4.78, 5) is 19.9. The second kappa shape index (κ2) is 6.29. The van der Waals surface area contributed by atoms with Gasteiger partial charge in [0, 0.05) is 18.9 Å². The molecule has 2 rings (SSSR count). The summed E-state index contributed by atoms with van der Waals surface area (Å²) in [6, 6.07) is 1.69. The fraction of sp³-hybridized carbons (Fsp3) is 0.357. The minimum Gasteiger partial charge on any atom is -0.465 e. The lowest BCUT2D eigenvalue weighted by molar-refractivity contribution is 0.0599. The first-order valence-electron chi connectivity index (χ1n) is 6.26. The van der Waals surface area contributed by atoms with Gasteiger partial charge in [-0.1, -0.05) is 0 Å². The molecule has 0 aliphatic rings. The van der Waals surface area contributed by atoms with Crippen LogP contribution < -0.4 is 5.32 Å². The normalized spacial score (nSPS) is 10.6. The molecule has 0 aliphatic carbocycles. The highest BCUT2D eigenvalue weighted by atomic mass is 16.5. The Morgan fingerprint density at radius 3 is 2.75 bits per heavy atom. The molecule has 0 spiro atoms. The van der Waals surface area contributed by atoms with Gasteiger partial charge in [0.2, 0.25) is 0 Å². The summed E-state index contributed by atoms with van der Waals surface area (Å²) in [6.45, 7) is 4.72. The van der Waals surface area contributed by atoms with Crippen molar-refractivity contribution in [3.8, 4) is 0 Å². The summed E-state index contributed by atoms with van der Waals surface area (Å²) >= 11 is 0. The van der Waals surface area contributed by atoms with E-state index in [2.05, 4.69) is 20.0 Å². The summed E-state index contributed by atoms with van der Waals surface area (Å²) in [5, 5.41) is 3.19. The van der Waals surface area contributed by atoms with E-state index >= 15 is 0 Å². The van der Waals surface area contributed by atoms with E-state index < -0.39 is 0 Å². The Bertz CT molecular complexity index is 590. The van der Waals surface area contributed by atoms with E-state index in [1.807, 2.05) is 6.92 Å². The van der Waals surface area contributed by atoms with Crippen molar-refractivity contribution in [1.82, 2.24) is 15.3 Å². The molecule has 2 heterocycles. The maximum absolute atomic E-state index is 11.5. The first kappa shape index (κ1) is 14.2. The van der Waals surface area contributed by atoms with E-state index in [4.69, 9.17) is 4.42 Å². The molecule has 0 aliphatic heterocycles. The number of nitrogens with one attached hydrogen (secondary N) is 1. The number of esters is 1. The van der Waals surface area contributed by atoms with Crippen LogP contribution in [0.2, 0.25) is 0 Å². The molecule has 6 heteroatoms. The van der Waals surface area contributed by atoms with Crippen LogP contribution in [0.15, 0.2) is 22.9 Å². The third kappa shape index (κ3) is 3.42. The van der Waals surface area contributed by atoms with Gasteiger partial charge in [-0.25, -0.2) is 4.79 Å². The van der Waals surface area contributed by atoms with Crippen LogP contribution in [0.3, 0.4) is 0 Å². The Kier molecular flexibility index (Phi) is 4.47. The lowest BCUT2D eigenvalue weighted by Gasteiger charge is -2.02. The summed E-state index contributed by atoms with van der Waals surface area (Å²) in [5.74, 6) is 0.855. The molecule has 0 fully saturated rings. The molecular weight excluding hydrogens is 258 g/mol. The van der Waals surface area contributed by atoms with Crippen molar-refractivity contribution in [1.29, 1.82) is 0 Å². The number of nitrogens with zero attached hydrogens (tertiary/aromatic N) is 2. The van der Waals surface area contributed by atoms with E-state index in [0.29, 0.717) is 30.2 Å². The third-order valence-corrected chi connectivity index (χ3v) is 2.81. The smallest absolute Gasteiger partial charge is 0.341 e. The highest BCUT2D eigenvalue weighted by Gasteiger charge is 2.14. The van der Waals surface area contributed by atoms with E-state index in [-0.39, 0.29) is 5.97 Å². The maximum atomic E-state index is 11.5. The van der Waals surface area contributed by atoms with Crippen LogP contribution >= 0.6 is 0 Å². The van der Waals surface area contributed by atoms with Crippen molar-refractivity contribution in [3.63, 3.8) is 0 Å². The first-order valence-corrected chi connectivity index (χ1v) is 6.26. The molecule has 0 amide bonds. The molecule has 2 aromatic heterocycles. The van der Waals surface area contributed by atoms with Crippen molar-refractivity contribution >= 4 is 5.97 Å². The van der Waals surface area contributed by atoms with Crippen LogP contribution in [0.25, 0.3) is 0 Å². The van der Waals surface area contributed by atoms with Gasteiger partial charge in [0.1, 0.15) is 17.1 Å². The van der Waals surface area contributed by atoms with Gasteiger partial charge >= 0.3 is 5.97 Å². The quantitative estimate of drug-likeness (QED) is 0.838. The molecule has 6 nitrogen and oxygen atoms in total. The monoisotopic (exact) mass is 275 g/mol. The molecule has 1 N–H and O–H groups in total. The fourth-order valence-corrected chi connectivity index (χ4v) is 1.77. The van der Waals surface area contributed by atoms with Gasteiger partial charge in [0.25, 0.3) is 0 Å². The summed E-state index contributed by atoms with van der Waals surface area (Å²) in [5.41, 5.74) is 2.20. The predicted molar refractivity (Wildman–Crippen MR) is 72.1 cm³/mol. The van der Waals surface area contributed by atoms with Crippen molar-refractivity contribution < 1.29 is 13.9 Å². The van der Waals surface area contributed by atoms with E-state index in [0.717, 1.165) is 11.4 Å². The van der Waals surface area contributed by atoms with Crippen molar-refractivity contribution in [3.05, 3.63) is 46.9 Å². The lowest BCUT2D eigenvalue weighted by Crippen LogP contribution is -2.13. The largest absolute Gasteiger partial charge is 0.465 e. The van der Waals surface area contributed by atoms with Crippen LogP contribution in [-0.4, -0.2) is 23.0 Å². The van der Waals surface area contributed by atoms with Crippen LogP contribution in [0.5, 0.6) is 0 Å². The summed E-state index contributed by atoms with van der Waals surface area (Å²) in [6.07, 6.45) is 3.46. The summed E-state index contributed by atoms with van der Waals surface area (Å²) in [7, 11) is 1.35. The average Bonchev–Trinajstić information content (AvgIpc) is 2.81. The Hall–Kier alpha value is -2.21. The minimum atomic E-state index is -0.387.